The third kappa shape index (κ3) is 2.95. The summed E-state index contributed by atoms with van der Waals surface area (Å²) in [6.45, 7) is 0.394. The van der Waals surface area contributed by atoms with E-state index in [0.717, 1.165) is 16.6 Å². The van der Waals surface area contributed by atoms with E-state index in [9.17, 15) is 9.82 Å². The fourth-order valence-electron chi connectivity index (χ4n) is 2.77. The molecule has 0 aliphatic carbocycles. The molecule has 0 saturated heterocycles. The molecule has 1 heterocycles. The first-order valence-corrected chi connectivity index (χ1v) is 7.29. The third-order valence-corrected chi connectivity index (χ3v) is 3.94. The molecule has 5 nitrogen and oxygen atoms in total. The van der Waals surface area contributed by atoms with Gasteiger partial charge in [0.2, 0.25) is 0 Å². The molecule has 0 radical (unpaired) electrons. The van der Waals surface area contributed by atoms with Crippen LogP contribution in [0.3, 0.4) is 0 Å². The molecule has 0 atom stereocenters. The summed E-state index contributed by atoms with van der Waals surface area (Å²) in [5.74, 6) is 0.866. The van der Waals surface area contributed by atoms with Crippen LogP contribution in [-0.2, 0) is 17.7 Å². The van der Waals surface area contributed by atoms with Crippen molar-refractivity contribution in [3.63, 3.8) is 0 Å². The monoisotopic (exact) mass is 312 g/mol. The number of ketones is 1. The van der Waals surface area contributed by atoms with Crippen molar-refractivity contribution in [3.8, 4) is 11.5 Å². The second-order valence-electron chi connectivity index (χ2n) is 5.33. The summed E-state index contributed by atoms with van der Waals surface area (Å²) in [5.41, 5.74) is 2.91. The average Bonchev–Trinajstić information content (AvgIpc) is 2.94. The molecule has 6 heteroatoms. The zero-order valence-corrected chi connectivity index (χ0v) is 13.0. The van der Waals surface area contributed by atoms with Crippen LogP contribution in [0.15, 0.2) is 36.4 Å². The van der Waals surface area contributed by atoms with Gasteiger partial charge in [-0.3, -0.25) is 4.79 Å². The number of methoxy groups -OCH3 is 2. The first-order valence-electron chi connectivity index (χ1n) is 7.29. The van der Waals surface area contributed by atoms with E-state index >= 15 is 0 Å². The summed E-state index contributed by atoms with van der Waals surface area (Å²) < 4.78 is 15.7. The molecule has 2 aromatic carbocycles. The summed E-state index contributed by atoms with van der Waals surface area (Å²) in [6.07, 6.45) is 0.191. The summed E-state index contributed by atoms with van der Waals surface area (Å²) in [5, 5.41) is 9.77. The quantitative estimate of drug-likeness (QED) is 0.667. The molecule has 0 aromatic heterocycles. The second kappa shape index (κ2) is 6.44. The highest BCUT2D eigenvalue weighted by atomic mass is 16.5. The predicted octanol–water partition coefficient (Wildman–Crippen LogP) is 1.35. The summed E-state index contributed by atoms with van der Waals surface area (Å²) in [7, 11) is 2.13. The minimum Gasteiger partial charge on any atom is -0.496 e. The Labute approximate surface area is 134 Å². The van der Waals surface area contributed by atoms with Crippen molar-refractivity contribution in [2.45, 2.75) is 13.0 Å². The highest BCUT2D eigenvalue weighted by molar-refractivity contribution is 6.61. The van der Waals surface area contributed by atoms with Gasteiger partial charge in [0.1, 0.15) is 17.1 Å². The molecule has 3 rings (SSSR count). The van der Waals surface area contributed by atoms with Gasteiger partial charge in [-0.05, 0) is 28.7 Å². The zero-order chi connectivity index (χ0) is 16.4. The second-order valence-corrected chi connectivity index (χ2v) is 5.33. The molecular weight excluding hydrogens is 295 g/mol. The van der Waals surface area contributed by atoms with Gasteiger partial charge in [0.25, 0.3) is 0 Å². The molecule has 118 valence electrons. The van der Waals surface area contributed by atoms with E-state index < -0.39 is 7.12 Å². The molecule has 1 aliphatic heterocycles. The minimum absolute atomic E-state index is 0.104. The molecular formula is C17H17BO5. The summed E-state index contributed by atoms with van der Waals surface area (Å²) >= 11 is 0. The van der Waals surface area contributed by atoms with Crippen LogP contribution < -0.4 is 14.9 Å². The SMILES string of the molecule is COc1cccc(OC)c1C(=O)Cc1ccc2c(c1)B(O)OC2. The highest BCUT2D eigenvalue weighted by Crippen LogP contribution is 2.29. The van der Waals surface area contributed by atoms with Crippen molar-refractivity contribution in [1.82, 2.24) is 0 Å². The van der Waals surface area contributed by atoms with E-state index in [1.165, 1.54) is 14.2 Å². The maximum Gasteiger partial charge on any atom is 0.491 e. The van der Waals surface area contributed by atoms with Gasteiger partial charge >= 0.3 is 7.12 Å². The van der Waals surface area contributed by atoms with Gasteiger partial charge in [-0.25, -0.2) is 0 Å². The molecule has 0 fully saturated rings. The molecule has 0 spiro atoms. The zero-order valence-electron chi connectivity index (χ0n) is 13.0. The van der Waals surface area contributed by atoms with Crippen LogP contribution in [0.1, 0.15) is 21.5 Å². The lowest BCUT2D eigenvalue weighted by molar-refractivity contribution is 0.0987. The maximum absolute atomic E-state index is 12.7. The lowest BCUT2D eigenvalue weighted by atomic mass is 9.78. The molecule has 0 saturated carbocycles. The number of ether oxygens (including phenoxy) is 2. The van der Waals surface area contributed by atoms with Crippen molar-refractivity contribution in [2.24, 2.45) is 0 Å². The Morgan fingerprint density at radius 3 is 2.57 bits per heavy atom. The molecule has 0 amide bonds. The van der Waals surface area contributed by atoms with Crippen LogP contribution in [-0.4, -0.2) is 32.1 Å². The van der Waals surface area contributed by atoms with Crippen LogP contribution in [0.5, 0.6) is 11.5 Å². The Hall–Kier alpha value is -2.31. The molecule has 1 N–H and O–H groups in total. The number of rotatable bonds is 5. The molecule has 0 unspecified atom stereocenters. The van der Waals surface area contributed by atoms with E-state index in [4.69, 9.17) is 14.1 Å². The van der Waals surface area contributed by atoms with Crippen molar-refractivity contribution < 1.29 is 23.9 Å². The molecule has 0 bridgehead atoms. The number of hydrogen-bond acceptors (Lipinski definition) is 5. The fourth-order valence-corrected chi connectivity index (χ4v) is 2.77. The van der Waals surface area contributed by atoms with Gasteiger partial charge in [0, 0.05) is 6.42 Å². The number of carbonyl (C=O) groups is 1. The van der Waals surface area contributed by atoms with Crippen molar-refractivity contribution in [2.75, 3.05) is 14.2 Å². The molecule has 1 aliphatic rings. The number of carbonyl (C=O) groups excluding carboxylic acids is 1. The van der Waals surface area contributed by atoms with Crippen LogP contribution in [0.25, 0.3) is 0 Å². The van der Waals surface area contributed by atoms with Gasteiger partial charge in [0.05, 0.1) is 20.8 Å². The van der Waals surface area contributed by atoms with Gasteiger partial charge in [-0.15, -0.1) is 0 Å². The standard InChI is InChI=1S/C17H17BO5/c1-21-15-4-3-5-16(22-2)17(15)14(19)9-11-6-7-12-10-23-18(20)13(12)8-11/h3-8,20H,9-10H2,1-2H3. The first-order chi connectivity index (χ1) is 11.1. The van der Waals surface area contributed by atoms with Crippen LogP contribution in [0.4, 0.5) is 0 Å². The van der Waals surface area contributed by atoms with E-state index in [2.05, 4.69) is 0 Å². The number of hydrogen-bond donors (Lipinski definition) is 1. The number of Topliss-reactive ketones (excluding diaryl/α,β-unsaturated/α-hetero) is 1. The largest absolute Gasteiger partial charge is 0.496 e. The lowest BCUT2D eigenvalue weighted by Crippen LogP contribution is -2.28. The van der Waals surface area contributed by atoms with Gasteiger partial charge in [-0.1, -0.05) is 24.3 Å². The molecule has 23 heavy (non-hydrogen) atoms. The van der Waals surface area contributed by atoms with Crippen LogP contribution in [0.2, 0.25) is 0 Å². The van der Waals surface area contributed by atoms with E-state index in [1.54, 1.807) is 18.2 Å². The van der Waals surface area contributed by atoms with Gasteiger partial charge in [0.15, 0.2) is 5.78 Å². The Morgan fingerprint density at radius 1 is 1.22 bits per heavy atom. The first kappa shape index (κ1) is 15.6. The van der Waals surface area contributed by atoms with Crippen LogP contribution in [0, 0.1) is 0 Å². The van der Waals surface area contributed by atoms with Crippen molar-refractivity contribution >= 4 is 18.4 Å². The van der Waals surface area contributed by atoms with Gasteiger partial charge < -0.3 is 19.2 Å². The minimum atomic E-state index is -0.916. The Morgan fingerprint density at radius 2 is 1.91 bits per heavy atom. The smallest absolute Gasteiger partial charge is 0.491 e. The normalized spacial score (nSPS) is 12.9. The van der Waals surface area contributed by atoms with E-state index in [1.807, 2.05) is 18.2 Å². The van der Waals surface area contributed by atoms with Crippen molar-refractivity contribution in [1.29, 1.82) is 0 Å². The number of benzene rings is 2. The Bertz CT molecular complexity index is 722. The number of fused-ring (bicyclic) bond motifs is 1. The summed E-state index contributed by atoms with van der Waals surface area (Å²) in [4.78, 5) is 12.7. The maximum atomic E-state index is 12.7. The third-order valence-electron chi connectivity index (χ3n) is 3.94. The van der Waals surface area contributed by atoms with E-state index in [0.29, 0.717) is 23.7 Å². The highest BCUT2D eigenvalue weighted by Gasteiger charge is 2.27. The van der Waals surface area contributed by atoms with Crippen LogP contribution >= 0.6 is 0 Å². The predicted molar refractivity (Wildman–Crippen MR) is 86.4 cm³/mol. The van der Waals surface area contributed by atoms with E-state index in [-0.39, 0.29) is 12.2 Å². The fraction of sp³-hybridized carbons (Fsp3) is 0.235. The Kier molecular flexibility index (Phi) is 4.36. The Balaban J connectivity index is 1.90. The molecule has 2 aromatic rings. The summed E-state index contributed by atoms with van der Waals surface area (Å²) in [6, 6.07) is 10.8. The van der Waals surface area contributed by atoms with Gasteiger partial charge in [-0.2, -0.15) is 0 Å². The topological polar surface area (TPSA) is 65.0 Å². The lowest BCUT2D eigenvalue weighted by Gasteiger charge is -2.12. The van der Waals surface area contributed by atoms with Crippen molar-refractivity contribution in [3.05, 3.63) is 53.1 Å². The average molecular weight is 312 g/mol.